The van der Waals surface area contributed by atoms with E-state index in [2.05, 4.69) is 10.1 Å². The summed E-state index contributed by atoms with van der Waals surface area (Å²) in [6.45, 7) is 1.77. The zero-order valence-corrected chi connectivity index (χ0v) is 12.0. The van der Waals surface area contributed by atoms with E-state index in [1.807, 2.05) is 30.3 Å². The van der Waals surface area contributed by atoms with E-state index < -0.39 is 5.92 Å². The Bertz CT molecular complexity index is 785. The van der Waals surface area contributed by atoms with Crippen molar-refractivity contribution < 1.29 is 9.18 Å². The van der Waals surface area contributed by atoms with Crippen LogP contribution in [-0.4, -0.2) is 20.7 Å². The van der Waals surface area contributed by atoms with Crippen LogP contribution >= 0.6 is 0 Å². The van der Waals surface area contributed by atoms with Crippen LogP contribution in [-0.2, 0) is 0 Å². The van der Waals surface area contributed by atoms with Crippen molar-refractivity contribution in [2.45, 2.75) is 12.8 Å². The summed E-state index contributed by atoms with van der Waals surface area (Å²) in [5.74, 6) is -0.955. The summed E-state index contributed by atoms with van der Waals surface area (Å²) in [6, 6.07) is 14.0. The minimum atomic E-state index is -0.440. The van der Waals surface area contributed by atoms with Crippen LogP contribution < -0.4 is 0 Å². The van der Waals surface area contributed by atoms with E-state index in [-0.39, 0.29) is 11.7 Å². The van der Waals surface area contributed by atoms with Gasteiger partial charge in [0.05, 0.1) is 5.92 Å². The van der Waals surface area contributed by atoms with Gasteiger partial charge in [-0.2, -0.15) is 9.78 Å². The monoisotopic (exact) mass is 295 g/mol. The minimum Gasteiger partial charge on any atom is -0.272 e. The summed E-state index contributed by atoms with van der Waals surface area (Å²) in [5, 5.41) is 3.84. The first-order chi connectivity index (χ1) is 10.7. The summed E-state index contributed by atoms with van der Waals surface area (Å²) in [6.07, 6.45) is 2.67. The SMILES string of the molecule is C[C@H](C(=O)n1cncn1)c1ccc(F)c(-c2ccccc2)c1. The smallest absolute Gasteiger partial charge is 0.255 e. The molecule has 1 aromatic heterocycles. The van der Waals surface area contributed by atoms with Gasteiger partial charge in [-0.1, -0.05) is 36.4 Å². The Labute approximate surface area is 127 Å². The molecule has 0 N–H and O–H groups in total. The first-order valence-corrected chi connectivity index (χ1v) is 6.90. The molecule has 5 heteroatoms. The molecule has 0 bridgehead atoms. The Morgan fingerprint density at radius 2 is 1.95 bits per heavy atom. The Hall–Kier alpha value is -2.82. The van der Waals surface area contributed by atoms with Gasteiger partial charge in [-0.05, 0) is 30.2 Å². The molecule has 110 valence electrons. The summed E-state index contributed by atoms with van der Waals surface area (Å²) in [7, 11) is 0. The molecule has 3 rings (SSSR count). The fraction of sp³-hybridized carbons (Fsp3) is 0.118. The van der Waals surface area contributed by atoms with Crippen LogP contribution in [0.25, 0.3) is 11.1 Å². The van der Waals surface area contributed by atoms with Gasteiger partial charge in [0.1, 0.15) is 18.5 Å². The third kappa shape index (κ3) is 2.65. The Morgan fingerprint density at radius 1 is 1.18 bits per heavy atom. The van der Waals surface area contributed by atoms with Gasteiger partial charge in [0, 0.05) is 5.56 Å². The van der Waals surface area contributed by atoms with Crippen LogP contribution in [0.2, 0.25) is 0 Å². The maximum atomic E-state index is 14.1. The van der Waals surface area contributed by atoms with Crippen molar-refractivity contribution in [3.8, 4) is 11.1 Å². The zero-order valence-electron chi connectivity index (χ0n) is 12.0. The molecular weight excluding hydrogens is 281 g/mol. The quantitative estimate of drug-likeness (QED) is 0.742. The van der Waals surface area contributed by atoms with Gasteiger partial charge in [-0.15, -0.1) is 0 Å². The van der Waals surface area contributed by atoms with Crippen molar-refractivity contribution in [3.63, 3.8) is 0 Å². The molecule has 0 aliphatic carbocycles. The van der Waals surface area contributed by atoms with Gasteiger partial charge in [-0.25, -0.2) is 9.37 Å². The third-order valence-corrected chi connectivity index (χ3v) is 3.59. The van der Waals surface area contributed by atoms with Crippen LogP contribution in [0.1, 0.15) is 23.2 Å². The predicted molar refractivity (Wildman–Crippen MR) is 80.9 cm³/mol. The molecule has 0 aliphatic heterocycles. The van der Waals surface area contributed by atoms with E-state index in [0.717, 1.165) is 11.1 Å². The fourth-order valence-corrected chi connectivity index (χ4v) is 2.31. The lowest BCUT2D eigenvalue weighted by atomic mass is 9.95. The maximum Gasteiger partial charge on any atom is 0.255 e. The number of nitrogens with zero attached hydrogens (tertiary/aromatic N) is 3. The lowest BCUT2D eigenvalue weighted by Gasteiger charge is -2.12. The number of hydrogen-bond donors (Lipinski definition) is 0. The highest BCUT2D eigenvalue weighted by Crippen LogP contribution is 2.27. The van der Waals surface area contributed by atoms with Gasteiger partial charge < -0.3 is 0 Å². The number of hydrogen-bond acceptors (Lipinski definition) is 3. The van der Waals surface area contributed by atoms with Gasteiger partial charge in [0.25, 0.3) is 5.91 Å². The Balaban J connectivity index is 1.97. The van der Waals surface area contributed by atoms with Gasteiger partial charge in [0.2, 0.25) is 0 Å². The van der Waals surface area contributed by atoms with E-state index in [1.165, 1.54) is 23.4 Å². The highest BCUT2D eigenvalue weighted by molar-refractivity contribution is 5.85. The van der Waals surface area contributed by atoms with E-state index in [4.69, 9.17) is 0 Å². The van der Waals surface area contributed by atoms with Crippen molar-refractivity contribution in [3.05, 3.63) is 72.6 Å². The molecular formula is C17H14FN3O. The molecule has 1 heterocycles. The van der Waals surface area contributed by atoms with Gasteiger partial charge in [-0.3, -0.25) is 4.79 Å². The molecule has 4 nitrogen and oxygen atoms in total. The molecule has 0 aliphatic rings. The largest absolute Gasteiger partial charge is 0.272 e. The Morgan fingerprint density at radius 3 is 2.64 bits per heavy atom. The second-order valence-corrected chi connectivity index (χ2v) is 5.01. The van der Waals surface area contributed by atoms with E-state index in [0.29, 0.717) is 5.56 Å². The number of benzene rings is 2. The molecule has 0 radical (unpaired) electrons. The molecule has 0 amide bonds. The molecule has 2 aromatic carbocycles. The Kier molecular flexibility index (Phi) is 3.78. The lowest BCUT2D eigenvalue weighted by molar-refractivity contribution is 0.0868. The first kappa shape index (κ1) is 14.1. The topological polar surface area (TPSA) is 47.8 Å². The number of carbonyl (C=O) groups excluding carboxylic acids is 1. The van der Waals surface area contributed by atoms with Crippen molar-refractivity contribution in [2.24, 2.45) is 0 Å². The zero-order chi connectivity index (χ0) is 15.5. The summed E-state index contributed by atoms with van der Waals surface area (Å²) < 4.78 is 15.3. The predicted octanol–water partition coefficient (Wildman–Crippen LogP) is 3.53. The van der Waals surface area contributed by atoms with Crippen LogP contribution in [0.4, 0.5) is 4.39 Å². The van der Waals surface area contributed by atoms with Crippen molar-refractivity contribution >= 4 is 5.91 Å². The number of aromatic nitrogens is 3. The van der Waals surface area contributed by atoms with Crippen molar-refractivity contribution in [2.75, 3.05) is 0 Å². The van der Waals surface area contributed by atoms with Gasteiger partial charge >= 0.3 is 0 Å². The molecule has 0 fully saturated rings. The molecule has 1 atom stereocenters. The normalized spacial score (nSPS) is 12.1. The highest BCUT2D eigenvalue weighted by atomic mass is 19.1. The van der Waals surface area contributed by atoms with E-state index in [9.17, 15) is 9.18 Å². The fourth-order valence-electron chi connectivity index (χ4n) is 2.31. The van der Waals surface area contributed by atoms with E-state index >= 15 is 0 Å². The van der Waals surface area contributed by atoms with Crippen LogP contribution in [0.15, 0.2) is 61.2 Å². The van der Waals surface area contributed by atoms with Crippen molar-refractivity contribution in [1.29, 1.82) is 0 Å². The molecule has 0 saturated heterocycles. The number of carbonyl (C=O) groups is 1. The molecule has 0 unspecified atom stereocenters. The van der Waals surface area contributed by atoms with Crippen LogP contribution in [0, 0.1) is 5.82 Å². The van der Waals surface area contributed by atoms with Crippen LogP contribution in [0.5, 0.6) is 0 Å². The third-order valence-electron chi connectivity index (χ3n) is 3.59. The summed E-state index contributed by atoms with van der Waals surface area (Å²) in [4.78, 5) is 16.1. The molecule has 0 saturated carbocycles. The second-order valence-electron chi connectivity index (χ2n) is 5.01. The molecule has 22 heavy (non-hydrogen) atoms. The average Bonchev–Trinajstić information content (AvgIpc) is 3.09. The first-order valence-electron chi connectivity index (χ1n) is 6.90. The average molecular weight is 295 g/mol. The number of halogens is 1. The summed E-state index contributed by atoms with van der Waals surface area (Å²) >= 11 is 0. The summed E-state index contributed by atoms with van der Waals surface area (Å²) in [5.41, 5.74) is 2.00. The van der Waals surface area contributed by atoms with Gasteiger partial charge in [0.15, 0.2) is 0 Å². The van der Waals surface area contributed by atoms with Crippen LogP contribution in [0.3, 0.4) is 0 Å². The highest BCUT2D eigenvalue weighted by Gasteiger charge is 2.19. The molecule has 3 aromatic rings. The molecule has 0 spiro atoms. The standard InChI is InChI=1S/C17H14FN3O/c1-12(17(22)21-11-19-10-20-21)14-7-8-16(18)15(9-14)13-5-3-2-4-6-13/h2-12H,1H3/t12-/m0/s1. The maximum absolute atomic E-state index is 14.1. The minimum absolute atomic E-state index is 0.205. The van der Waals surface area contributed by atoms with E-state index in [1.54, 1.807) is 19.1 Å². The number of rotatable bonds is 3. The lowest BCUT2D eigenvalue weighted by Crippen LogP contribution is -2.18. The second kappa shape index (κ2) is 5.89. The van der Waals surface area contributed by atoms with Crippen molar-refractivity contribution in [1.82, 2.24) is 14.8 Å².